The van der Waals surface area contributed by atoms with E-state index >= 15 is 0 Å². The van der Waals surface area contributed by atoms with Gasteiger partial charge in [-0.25, -0.2) is 9.78 Å². The Hall–Kier alpha value is -2.78. The maximum atomic E-state index is 11.5. The van der Waals surface area contributed by atoms with Crippen LogP contribution in [-0.2, 0) is 4.74 Å². The molecule has 24 heavy (non-hydrogen) atoms. The molecule has 1 aromatic heterocycles. The number of ether oxygens (including phenoxy) is 2. The van der Waals surface area contributed by atoms with Gasteiger partial charge in [0.15, 0.2) is 0 Å². The zero-order valence-electron chi connectivity index (χ0n) is 13.5. The predicted molar refractivity (Wildman–Crippen MR) is 90.3 cm³/mol. The molecule has 124 valence electrons. The van der Waals surface area contributed by atoms with Crippen LogP contribution in [0.1, 0.15) is 34.5 Å². The lowest BCUT2D eigenvalue weighted by Crippen LogP contribution is -2.11. The number of carbonyl (C=O) groups is 1. The topological polar surface area (TPSA) is 84.2 Å². The number of esters is 1. The first-order valence-corrected chi connectivity index (χ1v) is 7.46. The highest BCUT2D eigenvalue weighted by molar-refractivity contribution is 6.33. The van der Waals surface area contributed by atoms with Crippen molar-refractivity contribution in [3.8, 4) is 11.8 Å². The molecule has 1 aromatic carbocycles. The van der Waals surface area contributed by atoms with Crippen molar-refractivity contribution in [1.82, 2.24) is 4.98 Å². The van der Waals surface area contributed by atoms with Crippen LogP contribution in [0.3, 0.4) is 0 Å². The zero-order chi connectivity index (χ0) is 17.7. The number of aromatic nitrogens is 1. The minimum Gasteiger partial charge on any atom is -0.496 e. The normalized spacial score (nSPS) is 11.3. The van der Waals surface area contributed by atoms with Crippen LogP contribution in [-0.4, -0.2) is 25.2 Å². The molecule has 7 heteroatoms. The lowest BCUT2D eigenvalue weighted by atomic mass is 10.0. The van der Waals surface area contributed by atoms with Crippen molar-refractivity contribution in [2.75, 3.05) is 19.5 Å². The van der Waals surface area contributed by atoms with Gasteiger partial charge in [0.05, 0.1) is 42.5 Å². The summed E-state index contributed by atoms with van der Waals surface area (Å²) in [5.74, 6) is 0.560. The maximum absolute atomic E-state index is 11.5. The summed E-state index contributed by atoms with van der Waals surface area (Å²) < 4.78 is 9.97. The van der Waals surface area contributed by atoms with Gasteiger partial charge in [-0.05, 0) is 31.2 Å². The minimum absolute atomic E-state index is 0.220. The minimum atomic E-state index is -0.507. The van der Waals surface area contributed by atoms with Crippen molar-refractivity contribution in [1.29, 1.82) is 5.26 Å². The molecule has 0 spiro atoms. The Morgan fingerprint density at radius 1 is 1.38 bits per heavy atom. The highest BCUT2D eigenvalue weighted by atomic mass is 35.5. The van der Waals surface area contributed by atoms with E-state index in [1.54, 1.807) is 25.3 Å². The van der Waals surface area contributed by atoms with Crippen LogP contribution in [0.25, 0.3) is 0 Å². The molecule has 1 unspecified atom stereocenters. The SMILES string of the molecule is COC(=O)c1cnc(NC(C)c2cc(C#N)ccc2OC)c(Cl)c1. The number of hydrogen-bond donors (Lipinski definition) is 1. The number of carbonyl (C=O) groups excluding carboxylic acids is 1. The predicted octanol–water partition coefficient (Wildman–Crippen LogP) is 3.57. The van der Waals surface area contributed by atoms with E-state index in [1.807, 2.05) is 6.92 Å². The first kappa shape index (κ1) is 17.6. The van der Waals surface area contributed by atoms with Crippen LogP contribution in [0.2, 0.25) is 5.02 Å². The summed E-state index contributed by atoms with van der Waals surface area (Å²) in [6.45, 7) is 1.89. The van der Waals surface area contributed by atoms with E-state index in [2.05, 4.69) is 21.1 Å². The average molecular weight is 346 g/mol. The van der Waals surface area contributed by atoms with Gasteiger partial charge in [-0.15, -0.1) is 0 Å². The van der Waals surface area contributed by atoms with Crippen molar-refractivity contribution >= 4 is 23.4 Å². The Labute approximate surface area is 145 Å². The van der Waals surface area contributed by atoms with Gasteiger partial charge in [0.2, 0.25) is 0 Å². The largest absolute Gasteiger partial charge is 0.496 e. The van der Waals surface area contributed by atoms with Crippen LogP contribution in [0.5, 0.6) is 5.75 Å². The maximum Gasteiger partial charge on any atom is 0.339 e. The summed E-state index contributed by atoms with van der Waals surface area (Å²) in [6.07, 6.45) is 1.38. The molecule has 0 saturated heterocycles. The summed E-state index contributed by atoms with van der Waals surface area (Å²) in [6, 6.07) is 8.53. The number of methoxy groups -OCH3 is 2. The van der Waals surface area contributed by atoms with Gasteiger partial charge in [-0.1, -0.05) is 11.6 Å². The fourth-order valence-electron chi connectivity index (χ4n) is 2.20. The fourth-order valence-corrected chi connectivity index (χ4v) is 2.42. The Morgan fingerprint density at radius 2 is 2.12 bits per heavy atom. The van der Waals surface area contributed by atoms with Gasteiger partial charge >= 0.3 is 5.97 Å². The Balaban J connectivity index is 2.28. The van der Waals surface area contributed by atoms with E-state index in [4.69, 9.17) is 21.6 Å². The molecule has 2 aromatic rings. The van der Waals surface area contributed by atoms with Gasteiger partial charge in [-0.3, -0.25) is 0 Å². The number of rotatable bonds is 5. The third kappa shape index (κ3) is 3.76. The van der Waals surface area contributed by atoms with E-state index in [0.717, 1.165) is 5.56 Å². The molecular weight excluding hydrogens is 330 g/mol. The van der Waals surface area contributed by atoms with Gasteiger partial charge in [-0.2, -0.15) is 5.26 Å². The number of pyridine rings is 1. The number of nitriles is 1. The van der Waals surface area contributed by atoms with Crippen molar-refractivity contribution in [2.45, 2.75) is 13.0 Å². The molecule has 0 fully saturated rings. The van der Waals surface area contributed by atoms with E-state index in [0.29, 0.717) is 22.2 Å². The molecule has 1 atom stereocenters. The molecule has 0 saturated carbocycles. The second-order valence-electron chi connectivity index (χ2n) is 4.98. The fraction of sp³-hybridized carbons (Fsp3) is 0.235. The molecule has 0 aliphatic rings. The summed E-state index contributed by atoms with van der Waals surface area (Å²) in [5.41, 5.74) is 1.59. The average Bonchev–Trinajstić information content (AvgIpc) is 2.61. The second kappa shape index (κ2) is 7.66. The Kier molecular flexibility index (Phi) is 5.61. The van der Waals surface area contributed by atoms with Gasteiger partial charge < -0.3 is 14.8 Å². The van der Waals surface area contributed by atoms with E-state index in [9.17, 15) is 4.79 Å². The zero-order valence-corrected chi connectivity index (χ0v) is 14.2. The molecule has 0 aliphatic heterocycles. The van der Waals surface area contributed by atoms with Crippen LogP contribution < -0.4 is 10.1 Å². The van der Waals surface area contributed by atoms with Crippen LogP contribution in [0.15, 0.2) is 30.5 Å². The summed E-state index contributed by atoms with van der Waals surface area (Å²) in [4.78, 5) is 15.6. The standard InChI is InChI=1S/C17H16ClN3O3/c1-10(13-6-11(8-19)4-5-15(13)23-2)21-16-14(18)7-12(9-20-16)17(22)24-3/h4-7,9-10H,1-3H3,(H,20,21). The Morgan fingerprint density at radius 3 is 2.71 bits per heavy atom. The van der Waals surface area contributed by atoms with Crippen LogP contribution >= 0.6 is 11.6 Å². The molecule has 1 N–H and O–H groups in total. The Bertz CT molecular complexity index is 802. The van der Waals surface area contributed by atoms with Crippen molar-refractivity contribution in [2.24, 2.45) is 0 Å². The number of anilines is 1. The first-order chi connectivity index (χ1) is 11.5. The lowest BCUT2D eigenvalue weighted by Gasteiger charge is -2.19. The van der Waals surface area contributed by atoms with Gasteiger partial charge in [0.1, 0.15) is 11.6 Å². The molecule has 0 amide bonds. The monoisotopic (exact) mass is 345 g/mol. The van der Waals surface area contributed by atoms with Crippen LogP contribution in [0.4, 0.5) is 5.82 Å². The molecule has 0 radical (unpaired) electrons. The third-order valence-corrected chi connectivity index (χ3v) is 3.73. The first-order valence-electron chi connectivity index (χ1n) is 7.08. The van der Waals surface area contributed by atoms with Crippen molar-refractivity contribution in [3.63, 3.8) is 0 Å². The number of nitrogens with one attached hydrogen (secondary N) is 1. The van der Waals surface area contributed by atoms with E-state index in [-0.39, 0.29) is 11.6 Å². The molecule has 0 aliphatic carbocycles. The van der Waals surface area contributed by atoms with Crippen LogP contribution in [0, 0.1) is 11.3 Å². The molecular formula is C17H16ClN3O3. The summed E-state index contributed by atoms with van der Waals surface area (Å²) in [7, 11) is 2.85. The number of nitrogens with zero attached hydrogens (tertiary/aromatic N) is 2. The summed E-state index contributed by atoms with van der Waals surface area (Å²) >= 11 is 6.18. The quantitative estimate of drug-likeness (QED) is 0.834. The second-order valence-corrected chi connectivity index (χ2v) is 5.39. The highest BCUT2D eigenvalue weighted by Crippen LogP contribution is 2.30. The van der Waals surface area contributed by atoms with Gasteiger partial charge in [0, 0.05) is 11.8 Å². The van der Waals surface area contributed by atoms with Crippen molar-refractivity contribution < 1.29 is 14.3 Å². The smallest absolute Gasteiger partial charge is 0.339 e. The molecule has 2 rings (SSSR count). The summed E-state index contributed by atoms with van der Waals surface area (Å²) in [5, 5.41) is 12.5. The third-order valence-electron chi connectivity index (χ3n) is 3.44. The highest BCUT2D eigenvalue weighted by Gasteiger charge is 2.16. The molecule has 1 heterocycles. The number of halogens is 1. The van der Waals surface area contributed by atoms with Gasteiger partial charge in [0.25, 0.3) is 0 Å². The molecule has 0 bridgehead atoms. The van der Waals surface area contributed by atoms with Crippen molar-refractivity contribution in [3.05, 3.63) is 52.2 Å². The van der Waals surface area contributed by atoms with E-state index in [1.165, 1.54) is 19.4 Å². The number of benzene rings is 1. The number of hydrogen-bond acceptors (Lipinski definition) is 6. The van der Waals surface area contributed by atoms with E-state index < -0.39 is 5.97 Å². The lowest BCUT2D eigenvalue weighted by molar-refractivity contribution is 0.0600. The molecule has 6 nitrogen and oxygen atoms in total.